The van der Waals surface area contributed by atoms with Gasteiger partial charge in [-0.1, -0.05) is 12.1 Å². The molecule has 1 N–H and O–H groups in total. The van der Waals surface area contributed by atoms with Gasteiger partial charge in [-0.05, 0) is 13.3 Å². The monoisotopic (exact) mass is 168 g/mol. The summed E-state index contributed by atoms with van der Waals surface area (Å²) in [4.78, 5) is 11.2. The fraction of sp³-hybridized carbons (Fsp3) is 0.500. The van der Waals surface area contributed by atoms with E-state index in [1.807, 2.05) is 13.8 Å². The molecule has 0 aliphatic rings. The van der Waals surface area contributed by atoms with Gasteiger partial charge in [0, 0.05) is 12.1 Å². The van der Waals surface area contributed by atoms with Crippen molar-refractivity contribution < 1.29 is 9.32 Å². The molecule has 1 aromatic rings. The predicted octanol–water partition coefficient (Wildman–Crippen LogP) is 1.20. The number of hydrogen-bond donors (Lipinski definition) is 1. The van der Waals surface area contributed by atoms with Gasteiger partial charge in [0.1, 0.15) is 6.26 Å². The first-order valence-corrected chi connectivity index (χ1v) is 3.95. The van der Waals surface area contributed by atoms with Gasteiger partial charge in [0.2, 0.25) is 0 Å². The SMILES string of the molecule is CCC(C)NC(=O)c1ccon1. The Morgan fingerprint density at radius 1 is 1.83 bits per heavy atom. The van der Waals surface area contributed by atoms with Crippen LogP contribution in [0.25, 0.3) is 0 Å². The van der Waals surface area contributed by atoms with Crippen molar-refractivity contribution in [3.8, 4) is 0 Å². The lowest BCUT2D eigenvalue weighted by Crippen LogP contribution is -2.32. The lowest BCUT2D eigenvalue weighted by Gasteiger charge is -2.08. The number of carbonyl (C=O) groups excluding carboxylic acids is 1. The summed E-state index contributed by atoms with van der Waals surface area (Å²) in [6, 6.07) is 1.71. The van der Waals surface area contributed by atoms with Gasteiger partial charge in [-0.25, -0.2) is 0 Å². The maximum Gasteiger partial charge on any atom is 0.273 e. The fourth-order valence-electron chi connectivity index (χ4n) is 0.729. The van der Waals surface area contributed by atoms with Crippen LogP contribution in [-0.4, -0.2) is 17.1 Å². The van der Waals surface area contributed by atoms with Gasteiger partial charge in [-0.15, -0.1) is 0 Å². The van der Waals surface area contributed by atoms with E-state index in [0.717, 1.165) is 6.42 Å². The standard InChI is InChI=1S/C8H12N2O2/c1-3-6(2)9-8(11)7-4-5-12-10-7/h4-6H,3H2,1-2H3,(H,9,11). The first kappa shape index (κ1) is 8.77. The Balaban J connectivity index is 2.50. The smallest absolute Gasteiger partial charge is 0.273 e. The van der Waals surface area contributed by atoms with Crippen molar-refractivity contribution in [2.75, 3.05) is 0 Å². The van der Waals surface area contributed by atoms with Crippen LogP contribution in [0.3, 0.4) is 0 Å². The second kappa shape index (κ2) is 3.90. The van der Waals surface area contributed by atoms with Gasteiger partial charge in [0.15, 0.2) is 5.69 Å². The molecular weight excluding hydrogens is 156 g/mol. The number of nitrogens with one attached hydrogen (secondary N) is 1. The molecule has 0 bridgehead atoms. The van der Waals surface area contributed by atoms with Crippen LogP contribution in [0, 0.1) is 0 Å². The van der Waals surface area contributed by atoms with Crippen LogP contribution in [0.15, 0.2) is 16.9 Å². The lowest BCUT2D eigenvalue weighted by molar-refractivity contribution is 0.0930. The van der Waals surface area contributed by atoms with E-state index in [2.05, 4.69) is 15.0 Å². The highest BCUT2D eigenvalue weighted by Gasteiger charge is 2.10. The summed E-state index contributed by atoms with van der Waals surface area (Å²) in [5.41, 5.74) is 0.329. The molecule has 1 unspecified atom stereocenters. The van der Waals surface area contributed by atoms with Crippen LogP contribution in [0.4, 0.5) is 0 Å². The molecule has 0 saturated carbocycles. The van der Waals surface area contributed by atoms with E-state index < -0.39 is 0 Å². The zero-order valence-corrected chi connectivity index (χ0v) is 7.20. The third kappa shape index (κ3) is 2.08. The Labute approximate surface area is 70.9 Å². The highest BCUT2D eigenvalue weighted by Crippen LogP contribution is 1.96. The third-order valence-electron chi connectivity index (χ3n) is 1.66. The van der Waals surface area contributed by atoms with Crippen LogP contribution in [-0.2, 0) is 0 Å². The number of nitrogens with zero attached hydrogens (tertiary/aromatic N) is 1. The maximum atomic E-state index is 11.2. The number of aromatic nitrogens is 1. The first-order chi connectivity index (χ1) is 5.74. The normalized spacial score (nSPS) is 12.5. The van der Waals surface area contributed by atoms with Crippen LogP contribution < -0.4 is 5.32 Å². The molecule has 1 rings (SSSR count). The van der Waals surface area contributed by atoms with E-state index >= 15 is 0 Å². The molecule has 4 nitrogen and oxygen atoms in total. The second-order valence-corrected chi connectivity index (χ2v) is 2.67. The molecule has 0 saturated heterocycles. The summed E-state index contributed by atoms with van der Waals surface area (Å²) in [5, 5.41) is 6.29. The van der Waals surface area contributed by atoms with Gasteiger partial charge in [0.05, 0.1) is 0 Å². The molecule has 66 valence electrons. The van der Waals surface area contributed by atoms with E-state index in [1.54, 1.807) is 0 Å². The van der Waals surface area contributed by atoms with Gasteiger partial charge in [0.25, 0.3) is 5.91 Å². The summed E-state index contributed by atoms with van der Waals surface area (Å²) in [6.45, 7) is 3.95. The largest absolute Gasteiger partial charge is 0.364 e. The van der Waals surface area contributed by atoms with Crippen molar-refractivity contribution in [2.45, 2.75) is 26.3 Å². The van der Waals surface area contributed by atoms with Crippen molar-refractivity contribution >= 4 is 5.91 Å². The van der Waals surface area contributed by atoms with Gasteiger partial charge in [-0.3, -0.25) is 4.79 Å². The Hall–Kier alpha value is -1.32. The zero-order valence-electron chi connectivity index (χ0n) is 7.20. The lowest BCUT2D eigenvalue weighted by atomic mass is 10.2. The van der Waals surface area contributed by atoms with E-state index in [9.17, 15) is 4.79 Å². The zero-order chi connectivity index (χ0) is 8.97. The van der Waals surface area contributed by atoms with E-state index in [1.165, 1.54) is 12.3 Å². The van der Waals surface area contributed by atoms with E-state index in [4.69, 9.17) is 0 Å². The quantitative estimate of drug-likeness (QED) is 0.737. The molecule has 1 amide bonds. The van der Waals surface area contributed by atoms with Crippen LogP contribution in [0.5, 0.6) is 0 Å². The van der Waals surface area contributed by atoms with E-state index in [-0.39, 0.29) is 11.9 Å². The van der Waals surface area contributed by atoms with Crippen molar-refractivity contribution in [1.29, 1.82) is 0 Å². The highest BCUT2D eigenvalue weighted by molar-refractivity contribution is 5.92. The molecule has 0 aromatic carbocycles. The highest BCUT2D eigenvalue weighted by atomic mass is 16.5. The minimum Gasteiger partial charge on any atom is -0.364 e. The molecule has 12 heavy (non-hydrogen) atoms. The summed E-state index contributed by atoms with van der Waals surface area (Å²) >= 11 is 0. The first-order valence-electron chi connectivity index (χ1n) is 3.95. The number of carbonyl (C=O) groups is 1. The van der Waals surface area contributed by atoms with Gasteiger partial charge in [-0.2, -0.15) is 0 Å². The second-order valence-electron chi connectivity index (χ2n) is 2.67. The average molecular weight is 168 g/mol. The van der Waals surface area contributed by atoms with E-state index in [0.29, 0.717) is 5.69 Å². The van der Waals surface area contributed by atoms with Crippen LogP contribution in [0.2, 0.25) is 0 Å². The van der Waals surface area contributed by atoms with Crippen LogP contribution >= 0.6 is 0 Å². The van der Waals surface area contributed by atoms with Crippen molar-refractivity contribution in [3.63, 3.8) is 0 Å². The molecule has 1 aromatic heterocycles. The minimum atomic E-state index is -0.182. The van der Waals surface area contributed by atoms with Crippen molar-refractivity contribution in [1.82, 2.24) is 10.5 Å². The summed E-state index contributed by atoms with van der Waals surface area (Å²) in [6.07, 6.45) is 2.29. The van der Waals surface area contributed by atoms with Crippen molar-refractivity contribution in [3.05, 3.63) is 18.0 Å². The third-order valence-corrected chi connectivity index (χ3v) is 1.66. The number of rotatable bonds is 3. The summed E-state index contributed by atoms with van der Waals surface area (Å²) in [5.74, 6) is -0.182. The number of amides is 1. The molecular formula is C8H12N2O2. The predicted molar refractivity (Wildman–Crippen MR) is 43.7 cm³/mol. The molecule has 4 heteroatoms. The minimum absolute atomic E-state index is 0.175. The van der Waals surface area contributed by atoms with Gasteiger partial charge >= 0.3 is 0 Å². The molecule has 1 atom stereocenters. The Morgan fingerprint density at radius 2 is 2.58 bits per heavy atom. The van der Waals surface area contributed by atoms with Crippen LogP contribution in [0.1, 0.15) is 30.8 Å². The Bertz CT molecular complexity index is 244. The fourth-order valence-corrected chi connectivity index (χ4v) is 0.729. The molecule has 1 heterocycles. The topological polar surface area (TPSA) is 55.1 Å². The molecule has 0 fully saturated rings. The number of hydrogen-bond acceptors (Lipinski definition) is 3. The van der Waals surface area contributed by atoms with Gasteiger partial charge < -0.3 is 9.84 Å². The Morgan fingerprint density at radius 3 is 3.08 bits per heavy atom. The molecule has 0 aliphatic carbocycles. The summed E-state index contributed by atoms with van der Waals surface area (Å²) < 4.78 is 4.54. The van der Waals surface area contributed by atoms with Crippen molar-refractivity contribution in [2.24, 2.45) is 0 Å². The molecule has 0 aliphatic heterocycles. The maximum absolute atomic E-state index is 11.2. The summed E-state index contributed by atoms with van der Waals surface area (Å²) in [7, 11) is 0. The Kier molecular flexibility index (Phi) is 2.85. The average Bonchev–Trinajstić information content (AvgIpc) is 2.56. The molecule has 0 radical (unpaired) electrons. The molecule has 0 spiro atoms.